The smallest absolute Gasteiger partial charge is 0.0372 e. The molecule has 0 saturated carbocycles. The standard InChI is InChI=1S/C15H25N3/c1-13-3-4-15(12-17-13)11-16-8-5-14-6-9-18(2)10-7-14/h3-4,12,14,16H,5-11H2,1-2H3. The van der Waals surface area contributed by atoms with Crippen molar-refractivity contribution in [3.05, 3.63) is 29.6 Å². The number of likely N-dealkylation sites (tertiary alicyclic amines) is 1. The average Bonchev–Trinajstić information content (AvgIpc) is 2.39. The molecule has 1 aromatic heterocycles. The van der Waals surface area contributed by atoms with Gasteiger partial charge in [-0.1, -0.05) is 6.07 Å². The van der Waals surface area contributed by atoms with E-state index in [0.717, 1.165) is 24.7 Å². The highest BCUT2D eigenvalue weighted by molar-refractivity contribution is 5.12. The lowest BCUT2D eigenvalue weighted by atomic mass is 9.94. The fourth-order valence-corrected chi connectivity index (χ4v) is 2.49. The molecule has 1 aliphatic rings. The van der Waals surface area contributed by atoms with Crippen molar-refractivity contribution in [2.45, 2.75) is 32.7 Å². The number of pyridine rings is 1. The third-order valence-electron chi connectivity index (χ3n) is 3.87. The van der Waals surface area contributed by atoms with Gasteiger partial charge in [-0.2, -0.15) is 0 Å². The van der Waals surface area contributed by atoms with E-state index < -0.39 is 0 Å². The number of hydrogen-bond acceptors (Lipinski definition) is 3. The van der Waals surface area contributed by atoms with Gasteiger partial charge in [0.15, 0.2) is 0 Å². The molecule has 0 spiro atoms. The van der Waals surface area contributed by atoms with Crippen molar-refractivity contribution in [2.24, 2.45) is 5.92 Å². The summed E-state index contributed by atoms with van der Waals surface area (Å²) in [5, 5.41) is 3.53. The van der Waals surface area contributed by atoms with Crippen LogP contribution in [0.2, 0.25) is 0 Å². The summed E-state index contributed by atoms with van der Waals surface area (Å²) in [6, 6.07) is 4.24. The summed E-state index contributed by atoms with van der Waals surface area (Å²) < 4.78 is 0. The van der Waals surface area contributed by atoms with Crippen molar-refractivity contribution in [3.63, 3.8) is 0 Å². The molecule has 1 N–H and O–H groups in total. The van der Waals surface area contributed by atoms with E-state index in [0.29, 0.717) is 0 Å². The number of nitrogens with zero attached hydrogens (tertiary/aromatic N) is 2. The van der Waals surface area contributed by atoms with Crippen LogP contribution in [0.1, 0.15) is 30.5 Å². The van der Waals surface area contributed by atoms with Gasteiger partial charge in [0.1, 0.15) is 0 Å². The Labute approximate surface area is 111 Å². The van der Waals surface area contributed by atoms with Crippen LogP contribution >= 0.6 is 0 Å². The largest absolute Gasteiger partial charge is 0.313 e. The lowest BCUT2D eigenvalue weighted by Gasteiger charge is -2.28. The molecule has 3 nitrogen and oxygen atoms in total. The van der Waals surface area contributed by atoms with Crippen LogP contribution in [0.25, 0.3) is 0 Å². The molecule has 0 atom stereocenters. The molecule has 1 fully saturated rings. The minimum absolute atomic E-state index is 0.921. The fourth-order valence-electron chi connectivity index (χ4n) is 2.49. The maximum atomic E-state index is 4.31. The lowest BCUT2D eigenvalue weighted by molar-refractivity contribution is 0.211. The van der Waals surface area contributed by atoms with Crippen LogP contribution in [0.3, 0.4) is 0 Å². The predicted molar refractivity (Wildman–Crippen MR) is 75.5 cm³/mol. The van der Waals surface area contributed by atoms with Gasteiger partial charge in [-0.3, -0.25) is 4.98 Å². The molecule has 2 heterocycles. The second kappa shape index (κ2) is 6.86. The van der Waals surface area contributed by atoms with E-state index in [1.807, 2.05) is 13.1 Å². The molecule has 0 aromatic carbocycles. The van der Waals surface area contributed by atoms with Crippen molar-refractivity contribution >= 4 is 0 Å². The average molecular weight is 247 g/mol. The lowest BCUT2D eigenvalue weighted by Crippen LogP contribution is -2.31. The highest BCUT2D eigenvalue weighted by Crippen LogP contribution is 2.18. The van der Waals surface area contributed by atoms with E-state index in [-0.39, 0.29) is 0 Å². The molecule has 1 aromatic rings. The molecular formula is C15H25N3. The van der Waals surface area contributed by atoms with Crippen LogP contribution in [0.5, 0.6) is 0 Å². The monoisotopic (exact) mass is 247 g/mol. The minimum Gasteiger partial charge on any atom is -0.313 e. The number of rotatable bonds is 5. The van der Waals surface area contributed by atoms with Crippen molar-refractivity contribution in [3.8, 4) is 0 Å². The molecule has 0 unspecified atom stereocenters. The second-order valence-corrected chi connectivity index (χ2v) is 5.52. The first-order valence-electron chi connectivity index (χ1n) is 7.05. The molecule has 1 saturated heterocycles. The number of aryl methyl sites for hydroxylation is 1. The third kappa shape index (κ3) is 4.39. The van der Waals surface area contributed by atoms with Gasteiger partial charge in [0.05, 0.1) is 0 Å². The van der Waals surface area contributed by atoms with Gasteiger partial charge in [-0.05, 0) is 70.4 Å². The summed E-state index contributed by atoms with van der Waals surface area (Å²) in [7, 11) is 2.22. The van der Waals surface area contributed by atoms with Gasteiger partial charge in [0.25, 0.3) is 0 Å². The van der Waals surface area contributed by atoms with E-state index >= 15 is 0 Å². The number of piperidine rings is 1. The Bertz CT molecular complexity index is 339. The van der Waals surface area contributed by atoms with Crippen LogP contribution < -0.4 is 5.32 Å². The quantitative estimate of drug-likeness (QED) is 0.809. The maximum Gasteiger partial charge on any atom is 0.0372 e. The van der Waals surface area contributed by atoms with Gasteiger partial charge >= 0.3 is 0 Å². The summed E-state index contributed by atoms with van der Waals surface area (Å²) in [6.07, 6.45) is 6.01. The van der Waals surface area contributed by atoms with Crippen LogP contribution in [-0.2, 0) is 6.54 Å². The zero-order valence-corrected chi connectivity index (χ0v) is 11.7. The first-order valence-corrected chi connectivity index (χ1v) is 7.05. The Balaban J connectivity index is 1.60. The summed E-state index contributed by atoms with van der Waals surface area (Å²) in [6.45, 7) is 6.64. The zero-order valence-electron chi connectivity index (χ0n) is 11.7. The number of hydrogen-bond donors (Lipinski definition) is 1. The van der Waals surface area contributed by atoms with Crippen molar-refractivity contribution in [1.82, 2.24) is 15.2 Å². The molecule has 1 aliphatic heterocycles. The van der Waals surface area contributed by atoms with Gasteiger partial charge in [-0.15, -0.1) is 0 Å². The second-order valence-electron chi connectivity index (χ2n) is 5.52. The summed E-state index contributed by atoms with van der Waals surface area (Å²) in [5.74, 6) is 0.921. The Morgan fingerprint density at radius 1 is 1.33 bits per heavy atom. The van der Waals surface area contributed by atoms with Crippen LogP contribution in [0, 0.1) is 12.8 Å². The molecule has 0 aliphatic carbocycles. The van der Waals surface area contributed by atoms with Gasteiger partial charge < -0.3 is 10.2 Å². The Morgan fingerprint density at radius 3 is 2.78 bits per heavy atom. The van der Waals surface area contributed by atoms with Crippen LogP contribution in [0.15, 0.2) is 18.3 Å². The molecule has 18 heavy (non-hydrogen) atoms. The first-order chi connectivity index (χ1) is 8.74. The number of aromatic nitrogens is 1. The summed E-state index contributed by atoms with van der Waals surface area (Å²) in [4.78, 5) is 6.74. The predicted octanol–water partition coefficient (Wildman–Crippen LogP) is 2.21. The van der Waals surface area contributed by atoms with Crippen LogP contribution in [-0.4, -0.2) is 36.6 Å². The van der Waals surface area contributed by atoms with Crippen molar-refractivity contribution in [1.29, 1.82) is 0 Å². The highest BCUT2D eigenvalue weighted by Gasteiger charge is 2.15. The van der Waals surface area contributed by atoms with Gasteiger partial charge in [-0.25, -0.2) is 0 Å². The first kappa shape index (κ1) is 13.5. The molecule has 100 valence electrons. The topological polar surface area (TPSA) is 28.2 Å². The fraction of sp³-hybridized carbons (Fsp3) is 0.667. The molecule has 0 bridgehead atoms. The van der Waals surface area contributed by atoms with E-state index in [9.17, 15) is 0 Å². The molecular weight excluding hydrogens is 222 g/mol. The van der Waals surface area contributed by atoms with E-state index in [1.165, 1.54) is 37.9 Å². The Kier molecular flexibility index (Phi) is 5.14. The van der Waals surface area contributed by atoms with Crippen molar-refractivity contribution < 1.29 is 0 Å². The SMILES string of the molecule is Cc1ccc(CNCCC2CCN(C)CC2)cn1. The van der Waals surface area contributed by atoms with E-state index in [4.69, 9.17) is 0 Å². The maximum absolute atomic E-state index is 4.31. The number of nitrogens with one attached hydrogen (secondary N) is 1. The third-order valence-corrected chi connectivity index (χ3v) is 3.87. The Hall–Kier alpha value is -0.930. The van der Waals surface area contributed by atoms with E-state index in [1.54, 1.807) is 0 Å². The van der Waals surface area contributed by atoms with Crippen molar-refractivity contribution in [2.75, 3.05) is 26.7 Å². The Morgan fingerprint density at radius 2 is 2.11 bits per heavy atom. The minimum atomic E-state index is 0.921. The molecule has 0 radical (unpaired) electrons. The normalized spacial score (nSPS) is 18.1. The van der Waals surface area contributed by atoms with Gasteiger partial charge in [0, 0.05) is 18.4 Å². The summed E-state index contributed by atoms with van der Waals surface area (Å²) >= 11 is 0. The zero-order chi connectivity index (χ0) is 12.8. The van der Waals surface area contributed by atoms with Gasteiger partial charge in [0.2, 0.25) is 0 Å². The highest BCUT2D eigenvalue weighted by atomic mass is 15.1. The molecule has 3 heteroatoms. The molecule has 0 amide bonds. The summed E-state index contributed by atoms with van der Waals surface area (Å²) in [5.41, 5.74) is 2.37. The van der Waals surface area contributed by atoms with E-state index in [2.05, 4.69) is 34.4 Å². The molecule has 2 rings (SSSR count). The van der Waals surface area contributed by atoms with Crippen LogP contribution in [0.4, 0.5) is 0 Å².